The van der Waals surface area contributed by atoms with Crippen molar-refractivity contribution in [3.63, 3.8) is 0 Å². The second kappa shape index (κ2) is 5.58. The summed E-state index contributed by atoms with van der Waals surface area (Å²) >= 11 is 0. The highest BCUT2D eigenvalue weighted by molar-refractivity contribution is 5.84. The minimum Gasteiger partial charge on any atom is -0.383 e. The van der Waals surface area contributed by atoms with Crippen LogP contribution in [0.2, 0.25) is 0 Å². The van der Waals surface area contributed by atoms with E-state index in [4.69, 9.17) is 4.74 Å². The average molecular weight is 216 g/mol. The molecule has 84 valence electrons. The van der Waals surface area contributed by atoms with Crippen LogP contribution in [0.5, 0.6) is 0 Å². The van der Waals surface area contributed by atoms with Crippen molar-refractivity contribution >= 4 is 10.8 Å². The lowest BCUT2D eigenvalue weighted by molar-refractivity contribution is 0.199. The van der Waals surface area contributed by atoms with Gasteiger partial charge < -0.3 is 10.1 Å². The van der Waals surface area contributed by atoms with E-state index in [2.05, 4.69) is 28.5 Å². The Bertz CT molecular complexity index is 451. The summed E-state index contributed by atoms with van der Waals surface area (Å²) in [6.45, 7) is 2.43. The molecule has 0 bridgehead atoms. The molecule has 0 aliphatic carbocycles. The second-order valence-electron chi connectivity index (χ2n) is 3.69. The highest BCUT2D eigenvalue weighted by Gasteiger charge is 1.99. The molecule has 2 rings (SSSR count). The van der Waals surface area contributed by atoms with Gasteiger partial charge in [-0.2, -0.15) is 0 Å². The zero-order valence-corrected chi connectivity index (χ0v) is 9.44. The van der Waals surface area contributed by atoms with Gasteiger partial charge in [0.15, 0.2) is 0 Å². The lowest BCUT2D eigenvalue weighted by Crippen LogP contribution is -2.18. The van der Waals surface area contributed by atoms with Crippen LogP contribution < -0.4 is 5.32 Å². The van der Waals surface area contributed by atoms with Gasteiger partial charge in [0, 0.05) is 38.0 Å². The van der Waals surface area contributed by atoms with E-state index in [-0.39, 0.29) is 0 Å². The van der Waals surface area contributed by atoms with Crippen LogP contribution in [-0.4, -0.2) is 25.2 Å². The molecule has 0 aliphatic heterocycles. The van der Waals surface area contributed by atoms with Crippen molar-refractivity contribution in [1.29, 1.82) is 0 Å². The summed E-state index contributed by atoms with van der Waals surface area (Å²) in [5, 5.41) is 5.78. The summed E-state index contributed by atoms with van der Waals surface area (Å²) in [5.41, 5.74) is 1.23. The number of rotatable bonds is 5. The fourth-order valence-corrected chi connectivity index (χ4v) is 1.72. The fourth-order valence-electron chi connectivity index (χ4n) is 1.72. The smallest absolute Gasteiger partial charge is 0.0587 e. The molecule has 3 heteroatoms. The largest absolute Gasteiger partial charge is 0.383 e. The van der Waals surface area contributed by atoms with E-state index >= 15 is 0 Å². The maximum Gasteiger partial charge on any atom is 0.0587 e. The highest BCUT2D eigenvalue weighted by atomic mass is 16.5. The normalized spacial score (nSPS) is 10.8. The molecular weight excluding hydrogens is 200 g/mol. The van der Waals surface area contributed by atoms with Crippen LogP contribution >= 0.6 is 0 Å². The first kappa shape index (κ1) is 11.0. The Morgan fingerprint density at radius 3 is 3.00 bits per heavy atom. The van der Waals surface area contributed by atoms with Crippen LogP contribution in [0.25, 0.3) is 10.8 Å². The summed E-state index contributed by atoms with van der Waals surface area (Å²) in [4.78, 5) is 4.24. The van der Waals surface area contributed by atoms with Gasteiger partial charge in [-0.1, -0.05) is 24.3 Å². The summed E-state index contributed by atoms with van der Waals surface area (Å²) in [5.74, 6) is 0. The molecule has 1 aromatic heterocycles. The number of nitrogens with one attached hydrogen (secondary N) is 1. The van der Waals surface area contributed by atoms with Crippen molar-refractivity contribution in [2.45, 2.75) is 6.54 Å². The third-order valence-corrected chi connectivity index (χ3v) is 2.55. The number of nitrogens with zero attached hydrogens (tertiary/aromatic N) is 1. The number of fused-ring (bicyclic) bond motifs is 1. The summed E-state index contributed by atoms with van der Waals surface area (Å²) in [6, 6.07) is 8.30. The Labute approximate surface area is 95.5 Å². The van der Waals surface area contributed by atoms with Crippen molar-refractivity contribution in [3.8, 4) is 0 Å². The molecule has 3 nitrogen and oxygen atoms in total. The standard InChI is InChI=1S/C13H16N2O/c1-16-7-6-14-9-12-10-15-8-11-4-2-3-5-13(11)12/h2-5,8,10,14H,6-7,9H2,1H3. The van der Waals surface area contributed by atoms with Gasteiger partial charge in [-0.15, -0.1) is 0 Å². The van der Waals surface area contributed by atoms with E-state index in [0.717, 1.165) is 19.7 Å². The number of hydrogen-bond donors (Lipinski definition) is 1. The number of aromatic nitrogens is 1. The second-order valence-corrected chi connectivity index (χ2v) is 3.69. The first-order valence-electron chi connectivity index (χ1n) is 5.43. The Balaban J connectivity index is 2.11. The van der Waals surface area contributed by atoms with Crippen LogP contribution in [0.15, 0.2) is 36.7 Å². The summed E-state index contributed by atoms with van der Waals surface area (Å²) < 4.78 is 4.99. The van der Waals surface area contributed by atoms with Crippen LogP contribution in [0, 0.1) is 0 Å². The third kappa shape index (κ3) is 2.56. The van der Waals surface area contributed by atoms with E-state index in [9.17, 15) is 0 Å². The maximum atomic E-state index is 4.99. The van der Waals surface area contributed by atoms with Gasteiger partial charge in [0.25, 0.3) is 0 Å². The van der Waals surface area contributed by atoms with Crippen LogP contribution in [0.1, 0.15) is 5.56 Å². The number of pyridine rings is 1. The lowest BCUT2D eigenvalue weighted by atomic mass is 10.1. The van der Waals surface area contributed by atoms with E-state index < -0.39 is 0 Å². The van der Waals surface area contributed by atoms with E-state index in [1.807, 2.05) is 18.5 Å². The molecule has 0 radical (unpaired) electrons. The van der Waals surface area contributed by atoms with Crippen molar-refractivity contribution < 1.29 is 4.74 Å². The predicted octanol–water partition coefficient (Wildman–Crippen LogP) is 1.97. The molecule has 0 saturated carbocycles. The first-order valence-corrected chi connectivity index (χ1v) is 5.43. The Morgan fingerprint density at radius 2 is 2.12 bits per heavy atom. The van der Waals surface area contributed by atoms with Crippen molar-refractivity contribution in [1.82, 2.24) is 10.3 Å². The Kier molecular flexibility index (Phi) is 3.86. The van der Waals surface area contributed by atoms with E-state index in [1.54, 1.807) is 7.11 Å². The minimum atomic E-state index is 0.734. The van der Waals surface area contributed by atoms with Gasteiger partial charge in [0.2, 0.25) is 0 Å². The molecular formula is C13H16N2O. The van der Waals surface area contributed by atoms with Gasteiger partial charge in [0.05, 0.1) is 6.61 Å². The topological polar surface area (TPSA) is 34.1 Å². The molecule has 1 N–H and O–H groups in total. The van der Waals surface area contributed by atoms with Gasteiger partial charge in [-0.25, -0.2) is 0 Å². The predicted molar refractivity (Wildman–Crippen MR) is 65.3 cm³/mol. The molecule has 0 amide bonds. The average Bonchev–Trinajstić information content (AvgIpc) is 2.35. The van der Waals surface area contributed by atoms with E-state index in [0.29, 0.717) is 0 Å². The van der Waals surface area contributed by atoms with Gasteiger partial charge in [-0.3, -0.25) is 4.98 Å². The van der Waals surface area contributed by atoms with Gasteiger partial charge >= 0.3 is 0 Å². The zero-order chi connectivity index (χ0) is 11.2. The number of benzene rings is 1. The molecule has 0 spiro atoms. The van der Waals surface area contributed by atoms with Crippen molar-refractivity contribution in [3.05, 3.63) is 42.2 Å². The van der Waals surface area contributed by atoms with Crippen LogP contribution in [0.3, 0.4) is 0 Å². The quantitative estimate of drug-likeness (QED) is 0.776. The fraction of sp³-hybridized carbons (Fsp3) is 0.308. The number of hydrogen-bond acceptors (Lipinski definition) is 3. The molecule has 0 saturated heterocycles. The van der Waals surface area contributed by atoms with Crippen molar-refractivity contribution in [2.75, 3.05) is 20.3 Å². The van der Waals surface area contributed by atoms with Crippen molar-refractivity contribution in [2.24, 2.45) is 0 Å². The Morgan fingerprint density at radius 1 is 1.25 bits per heavy atom. The SMILES string of the molecule is COCCNCc1cncc2ccccc12. The molecule has 0 unspecified atom stereocenters. The summed E-state index contributed by atoms with van der Waals surface area (Å²) in [6.07, 6.45) is 3.82. The highest BCUT2D eigenvalue weighted by Crippen LogP contribution is 2.16. The molecule has 1 heterocycles. The third-order valence-electron chi connectivity index (χ3n) is 2.55. The van der Waals surface area contributed by atoms with Crippen LogP contribution in [-0.2, 0) is 11.3 Å². The minimum absolute atomic E-state index is 0.734. The van der Waals surface area contributed by atoms with Crippen LogP contribution in [0.4, 0.5) is 0 Å². The lowest BCUT2D eigenvalue weighted by Gasteiger charge is -2.07. The number of methoxy groups -OCH3 is 1. The molecule has 2 aromatic rings. The molecule has 1 aromatic carbocycles. The molecule has 0 atom stereocenters. The summed E-state index contributed by atoms with van der Waals surface area (Å²) in [7, 11) is 1.71. The Hall–Kier alpha value is -1.45. The van der Waals surface area contributed by atoms with Gasteiger partial charge in [0.1, 0.15) is 0 Å². The molecule has 16 heavy (non-hydrogen) atoms. The molecule has 0 aliphatic rings. The first-order chi connectivity index (χ1) is 7.92. The molecule has 0 fully saturated rings. The maximum absolute atomic E-state index is 4.99. The zero-order valence-electron chi connectivity index (χ0n) is 9.44. The number of ether oxygens (including phenoxy) is 1. The monoisotopic (exact) mass is 216 g/mol. The van der Waals surface area contributed by atoms with Gasteiger partial charge in [-0.05, 0) is 10.9 Å². The van der Waals surface area contributed by atoms with E-state index in [1.165, 1.54) is 16.3 Å².